The Hall–Kier alpha value is -3.14. The number of amides is 2. The van der Waals surface area contributed by atoms with E-state index in [1.807, 2.05) is 6.07 Å². The van der Waals surface area contributed by atoms with Crippen LogP contribution < -0.4 is 15.1 Å². The van der Waals surface area contributed by atoms with Gasteiger partial charge in [0, 0.05) is 37.0 Å². The molecule has 1 saturated carbocycles. The van der Waals surface area contributed by atoms with E-state index in [1.165, 1.54) is 4.90 Å². The Morgan fingerprint density at radius 2 is 2.03 bits per heavy atom. The van der Waals surface area contributed by atoms with E-state index in [0.29, 0.717) is 42.4 Å². The molecule has 7 nitrogen and oxygen atoms in total. The number of pyridine rings is 1. The molecule has 4 rings (SSSR count). The number of nitrogens with one attached hydrogen (secondary N) is 1. The van der Waals surface area contributed by atoms with Gasteiger partial charge < -0.3 is 19.9 Å². The van der Waals surface area contributed by atoms with Crippen LogP contribution in [0.1, 0.15) is 31.2 Å². The number of hydrogen-bond acceptors (Lipinski definition) is 5. The maximum atomic E-state index is 13.7. The van der Waals surface area contributed by atoms with Crippen molar-refractivity contribution in [1.82, 2.24) is 4.98 Å². The average molecular weight is 476 g/mol. The molecule has 182 valence electrons. The average Bonchev–Trinajstić information content (AvgIpc) is 3.00. The number of rotatable bonds is 6. The van der Waals surface area contributed by atoms with Crippen LogP contribution >= 0.6 is 0 Å². The molecule has 0 saturated heterocycles. The van der Waals surface area contributed by atoms with Gasteiger partial charge in [-0.1, -0.05) is 6.07 Å². The summed E-state index contributed by atoms with van der Waals surface area (Å²) < 4.78 is 44.5. The van der Waals surface area contributed by atoms with Gasteiger partial charge in [-0.25, -0.2) is 4.98 Å². The van der Waals surface area contributed by atoms with E-state index in [-0.39, 0.29) is 38.1 Å². The van der Waals surface area contributed by atoms with Gasteiger partial charge in [-0.15, -0.1) is 0 Å². The minimum absolute atomic E-state index is 0.0486. The van der Waals surface area contributed by atoms with Gasteiger partial charge in [0.25, 0.3) is 0 Å². The summed E-state index contributed by atoms with van der Waals surface area (Å²) in [7, 11) is 1.54. The lowest BCUT2D eigenvalue weighted by Crippen LogP contribution is -2.39. The number of carbonyl (C=O) groups is 2. The first-order valence-corrected chi connectivity index (χ1v) is 11.3. The predicted octanol–water partition coefficient (Wildman–Crippen LogP) is 4.65. The molecule has 1 N–H and O–H groups in total. The zero-order valence-corrected chi connectivity index (χ0v) is 18.8. The quantitative estimate of drug-likeness (QED) is 0.615. The zero-order chi connectivity index (χ0) is 24.3. The van der Waals surface area contributed by atoms with Crippen molar-refractivity contribution in [1.29, 1.82) is 0 Å². The van der Waals surface area contributed by atoms with Crippen molar-refractivity contribution in [2.45, 2.75) is 38.4 Å². The Kier molecular flexibility index (Phi) is 7.06. The van der Waals surface area contributed by atoms with E-state index >= 15 is 0 Å². The Bertz CT molecular complexity index is 1040. The molecule has 1 fully saturated rings. The van der Waals surface area contributed by atoms with Gasteiger partial charge >= 0.3 is 6.18 Å². The van der Waals surface area contributed by atoms with Gasteiger partial charge in [-0.2, -0.15) is 13.2 Å². The van der Waals surface area contributed by atoms with Crippen LogP contribution in [0.25, 0.3) is 0 Å². The van der Waals surface area contributed by atoms with Crippen molar-refractivity contribution in [3.05, 3.63) is 42.1 Å². The maximum absolute atomic E-state index is 13.7. The second-order valence-electron chi connectivity index (χ2n) is 8.64. The topological polar surface area (TPSA) is 74.8 Å². The van der Waals surface area contributed by atoms with Gasteiger partial charge in [0.2, 0.25) is 12.3 Å². The fourth-order valence-electron chi connectivity index (χ4n) is 4.61. The van der Waals surface area contributed by atoms with Crippen molar-refractivity contribution in [3.63, 3.8) is 0 Å². The molecule has 1 aliphatic heterocycles. The Balaban J connectivity index is 1.66. The molecular formula is C24H27F3N4O3. The van der Waals surface area contributed by atoms with Crippen LogP contribution in [0.15, 0.2) is 36.5 Å². The van der Waals surface area contributed by atoms with E-state index in [9.17, 15) is 22.8 Å². The molecule has 1 aromatic carbocycles. The molecule has 0 unspecified atom stereocenters. The van der Waals surface area contributed by atoms with Crippen molar-refractivity contribution < 1.29 is 27.5 Å². The number of fused-ring (bicyclic) bond motifs is 2. The van der Waals surface area contributed by atoms with Crippen LogP contribution in [0, 0.1) is 11.8 Å². The summed E-state index contributed by atoms with van der Waals surface area (Å²) in [5.74, 6) is -1.46. The van der Waals surface area contributed by atoms with Crippen LogP contribution in [0.3, 0.4) is 0 Å². The highest BCUT2D eigenvalue weighted by atomic mass is 19.4. The number of methoxy groups -OCH3 is 1. The van der Waals surface area contributed by atoms with Gasteiger partial charge in [0.15, 0.2) is 0 Å². The summed E-state index contributed by atoms with van der Waals surface area (Å²) >= 11 is 0. The second kappa shape index (κ2) is 10.0. The van der Waals surface area contributed by atoms with Gasteiger partial charge in [0.05, 0.1) is 30.4 Å². The van der Waals surface area contributed by atoms with Crippen LogP contribution in [0.2, 0.25) is 0 Å². The van der Waals surface area contributed by atoms with E-state index in [2.05, 4.69) is 10.3 Å². The molecular weight excluding hydrogens is 449 g/mol. The molecule has 1 aromatic heterocycles. The van der Waals surface area contributed by atoms with Crippen LogP contribution in [0.5, 0.6) is 0 Å². The predicted molar refractivity (Wildman–Crippen MR) is 122 cm³/mol. The van der Waals surface area contributed by atoms with Crippen molar-refractivity contribution in [3.8, 4) is 0 Å². The number of alkyl halides is 3. The molecule has 2 aromatic rings. The third-order valence-corrected chi connectivity index (χ3v) is 6.55. The molecule has 10 heteroatoms. The number of halogens is 3. The van der Waals surface area contributed by atoms with Crippen LogP contribution in [-0.2, 0) is 20.9 Å². The molecule has 34 heavy (non-hydrogen) atoms. The lowest BCUT2D eigenvalue weighted by atomic mass is 9.81. The second-order valence-corrected chi connectivity index (χ2v) is 8.64. The lowest BCUT2D eigenvalue weighted by Gasteiger charge is -2.33. The monoisotopic (exact) mass is 476 g/mol. The van der Waals surface area contributed by atoms with E-state index < -0.39 is 18.0 Å². The largest absolute Gasteiger partial charge is 0.391 e. The molecule has 0 atom stereocenters. The minimum atomic E-state index is -4.23. The van der Waals surface area contributed by atoms with E-state index in [4.69, 9.17) is 4.74 Å². The number of hydrogen-bond donors (Lipinski definition) is 1. The summed E-state index contributed by atoms with van der Waals surface area (Å²) in [6, 6.07) is 8.92. The SMILES string of the molecule is COCCN(C=O)c1ccc2c(c1)N(C(=O)C1CCC(C(F)(F)F)CC1)Cc1cccnc1N2. The summed E-state index contributed by atoms with van der Waals surface area (Å²) in [5, 5.41) is 3.26. The molecule has 0 bridgehead atoms. The normalized spacial score (nSPS) is 19.9. The molecule has 0 spiro atoms. The summed E-state index contributed by atoms with van der Waals surface area (Å²) in [4.78, 5) is 32.8. The molecule has 2 amide bonds. The third-order valence-electron chi connectivity index (χ3n) is 6.55. The summed E-state index contributed by atoms with van der Waals surface area (Å²) in [6.07, 6.45) is -1.60. The molecule has 2 aliphatic rings. The van der Waals surface area contributed by atoms with Crippen LogP contribution in [-0.4, -0.2) is 43.7 Å². The first kappa shape index (κ1) is 24.0. The number of ether oxygens (including phenoxy) is 1. The fraction of sp³-hybridized carbons (Fsp3) is 0.458. The first-order valence-electron chi connectivity index (χ1n) is 11.3. The van der Waals surface area contributed by atoms with E-state index in [0.717, 1.165) is 5.56 Å². The Morgan fingerprint density at radius 3 is 2.71 bits per heavy atom. The van der Waals surface area contributed by atoms with Crippen molar-refractivity contribution in [2.24, 2.45) is 11.8 Å². The van der Waals surface area contributed by atoms with Gasteiger partial charge in [-0.05, 0) is 49.9 Å². The molecule has 2 heterocycles. The number of anilines is 4. The maximum Gasteiger partial charge on any atom is 0.391 e. The van der Waals surface area contributed by atoms with Gasteiger partial charge in [0.1, 0.15) is 5.82 Å². The van der Waals surface area contributed by atoms with E-state index in [1.54, 1.807) is 42.5 Å². The molecule has 0 radical (unpaired) electrons. The lowest BCUT2D eigenvalue weighted by molar-refractivity contribution is -0.184. The number of nitrogens with zero attached hydrogens (tertiary/aromatic N) is 3. The number of carbonyl (C=O) groups excluding carboxylic acids is 2. The first-order chi connectivity index (χ1) is 16.3. The Labute approximate surface area is 195 Å². The number of aromatic nitrogens is 1. The fourth-order valence-corrected chi connectivity index (χ4v) is 4.61. The Morgan fingerprint density at radius 1 is 1.26 bits per heavy atom. The van der Waals surface area contributed by atoms with Crippen molar-refractivity contribution in [2.75, 3.05) is 35.4 Å². The van der Waals surface area contributed by atoms with Crippen molar-refractivity contribution >= 4 is 35.2 Å². The summed E-state index contributed by atoms with van der Waals surface area (Å²) in [5.41, 5.74) is 2.58. The smallest absolute Gasteiger partial charge is 0.383 e. The minimum Gasteiger partial charge on any atom is -0.383 e. The number of benzene rings is 1. The standard InChI is InChI=1S/C24H27F3N4O3/c1-34-12-11-30(15-32)19-8-9-20-21(13-19)31(14-17-3-2-10-28-22(17)29-20)23(33)16-4-6-18(7-5-16)24(25,26)27/h2-3,8-10,13,15-16,18H,4-7,11-12,14H2,1H3,(H,28,29). The van der Waals surface area contributed by atoms with Crippen LogP contribution in [0.4, 0.5) is 36.1 Å². The highest BCUT2D eigenvalue weighted by molar-refractivity contribution is 6.00. The molecule has 1 aliphatic carbocycles. The third kappa shape index (κ3) is 5.01. The zero-order valence-electron chi connectivity index (χ0n) is 18.8. The highest BCUT2D eigenvalue weighted by Gasteiger charge is 2.43. The highest BCUT2D eigenvalue weighted by Crippen LogP contribution is 2.42. The van der Waals surface area contributed by atoms with Gasteiger partial charge in [-0.3, -0.25) is 9.59 Å². The summed E-state index contributed by atoms with van der Waals surface area (Å²) in [6.45, 7) is 0.905.